The molecular formula is C19H19N3O4S. The SMILES string of the molecule is Cc1ccc2occ(CN3CCc4nc(S(C)(=O)=O)ncc4C3)c(=O)c2c1. The van der Waals surface area contributed by atoms with Gasteiger partial charge in [-0.2, -0.15) is 0 Å². The molecular weight excluding hydrogens is 366 g/mol. The summed E-state index contributed by atoms with van der Waals surface area (Å²) in [5.74, 6) is 0. The quantitative estimate of drug-likeness (QED) is 0.635. The van der Waals surface area contributed by atoms with E-state index in [0.717, 1.165) is 23.1 Å². The van der Waals surface area contributed by atoms with Gasteiger partial charge in [0.1, 0.15) is 5.58 Å². The highest BCUT2D eigenvalue weighted by molar-refractivity contribution is 7.90. The highest BCUT2D eigenvalue weighted by Crippen LogP contribution is 2.20. The van der Waals surface area contributed by atoms with E-state index in [1.54, 1.807) is 6.20 Å². The molecule has 0 saturated carbocycles. The zero-order valence-electron chi connectivity index (χ0n) is 15.1. The molecule has 1 aromatic carbocycles. The Balaban J connectivity index is 1.59. The first kappa shape index (κ1) is 17.8. The molecule has 3 heterocycles. The minimum Gasteiger partial charge on any atom is -0.464 e. The Hall–Kier alpha value is -2.58. The maximum atomic E-state index is 12.8. The third-order valence-electron chi connectivity index (χ3n) is 4.72. The summed E-state index contributed by atoms with van der Waals surface area (Å²) in [5.41, 5.74) is 3.81. The molecule has 3 aromatic rings. The Labute approximate surface area is 156 Å². The molecule has 27 heavy (non-hydrogen) atoms. The summed E-state index contributed by atoms with van der Waals surface area (Å²) in [5, 5.41) is 0.450. The highest BCUT2D eigenvalue weighted by atomic mass is 32.2. The molecule has 2 aromatic heterocycles. The Bertz CT molecular complexity index is 1200. The van der Waals surface area contributed by atoms with E-state index < -0.39 is 9.84 Å². The van der Waals surface area contributed by atoms with Gasteiger partial charge in [0.25, 0.3) is 0 Å². The van der Waals surface area contributed by atoms with Crippen LogP contribution in [-0.2, 0) is 29.3 Å². The lowest BCUT2D eigenvalue weighted by atomic mass is 10.1. The van der Waals surface area contributed by atoms with Crippen LogP contribution in [0.5, 0.6) is 0 Å². The molecule has 0 atom stereocenters. The molecule has 1 aliphatic heterocycles. The fraction of sp³-hybridized carbons (Fsp3) is 0.316. The van der Waals surface area contributed by atoms with E-state index in [2.05, 4.69) is 14.9 Å². The van der Waals surface area contributed by atoms with Crippen LogP contribution in [0.15, 0.2) is 45.0 Å². The fourth-order valence-corrected chi connectivity index (χ4v) is 3.83. The smallest absolute Gasteiger partial charge is 0.246 e. The van der Waals surface area contributed by atoms with Crippen molar-refractivity contribution in [1.29, 1.82) is 0 Å². The van der Waals surface area contributed by atoms with E-state index in [9.17, 15) is 13.2 Å². The second-order valence-electron chi connectivity index (χ2n) is 6.95. The zero-order valence-corrected chi connectivity index (χ0v) is 15.9. The molecule has 0 saturated heterocycles. The zero-order chi connectivity index (χ0) is 19.2. The summed E-state index contributed by atoms with van der Waals surface area (Å²) >= 11 is 0. The lowest BCUT2D eigenvalue weighted by molar-refractivity contribution is 0.240. The summed E-state index contributed by atoms with van der Waals surface area (Å²) < 4.78 is 28.8. The summed E-state index contributed by atoms with van der Waals surface area (Å²) in [6, 6.07) is 5.57. The maximum Gasteiger partial charge on any atom is 0.246 e. The standard InChI is InChI=1S/C19H19N3O4S/c1-12-3-4-17-15(7-12)18(23)14(11-26-17)10-22-6-5-16-13(9-22)8-20-19(21-16)27(2,24)25/h3-4,7-8,11H,5-6,9-10H2,1-2H3. The fourth-order valence-electron chi connectivity index (χ4n) is 3.31. The number of hydrogen-bond donors (Lipinski definition) is 0. The summed E-state index contributed by atoms with van der Waals surface area (Å²) in [7, 11) is -3.42. The maximum absolute atomic E-state index is 12.8. The predicted molar refractivity (Wildman–Crippen MR) is 100 cm³/mol. The number of benzene rings is 1. The monoisotopic (exact) mass is 385 g/mol. The largest absolute Gasteiger partial charge is 0.464 e. The molecule has 1 aliphatic rings. The van der Waals surface area contributed by atoms with Crippen LogP contribution in [0.1, 0.15) is 22.4 Å². The van der Waals surface area contributed by atoms with Gasteiger partial charge in [-0.25, -0.2) is 18.4 Å². The van der Waals surface area contributed by atoms with Gasteiger partial charge in [0.05, 0.1) is 17.3 Å². The molecule has 140 valence electrons. The molecule has 0 amide bonds. The van der Waals surface area contributed by atoms with Crippen LogP contribution in [0, 0.1) is 6.92 Å². The van der Waals surface area contributed by atoms with Gasteiger partial charge in [-0.1, -0.05) is 11.6 Å². The lowest BCUT2D eigenvalue weighted by Gasteiger charge is -2.27. The molecule has 0 bridgehead atoms. The first-order valence-electron chi connectivity index (χ1n) is 8.59. The minimum atomic E-state index is -3.42. The number of hydrogen-bond acceptors (Lipinski definition) is 7. The van der Waals surface area contributed by atoms with Crippen molar-refractivity contribution >= 4 is 20.8 Å². The van der Waals surface area contributed by atoms with Gasteiger partial charge < -0.3 is 4.42 Å². The Kier molecular flexibility index (Phi) is 4.32. The molecule has 7 nitrogen and oxygen atoms in total. The number of aryl methyl sites for hydroxylation is 1. The average molecular weight is 385 g/mol. The number of aromatic nitrogens is 2. The molecule has 0 spiro atoms. The molecule has 8 heteroatoms. The van der Waals surface area contributed by atoms with Crippen molar-refractivity contribution in [3.63, 3.8) is 0 Å². The van der Waals surface area contributed by atoms with Crippen LogP contribution in [-0.4, -0.2) is 36.1 Å². The summed E-state index contributed by atoms with van der Waals surface area (Å²) in [6.07, 6.45) is 4.80. The molecule has 0 fully saturated rings. The second-order valence-corrected chi connectivity index (χ2v) is 8.86. The van der Waals surface area contributed by atoms with Crippen molar-refractivity contribution < 1.29 is 12.8 Å². The van der Waals surface area contributed by atoms with Gasteiger partial charge in [-0.3, -0.25) is 9.69 Å². The highest BCUT2D eigenvalue weighted by Gasteiger charge is 2.22. The van der Waals surface area contributed by atoms with E-state index in [0.29, 0.717) is 42.6 Å². The van der Waals surface area contributed by atoms with E-state index in [4.69, 9.17) is 4.42 Å². The van der Waals surface area contributed by atoms with E-state index in [-0.39, 0.29) is 10.6 Å². The Morgan fingerprint density at radius 3 is 2.89 bits per heavy atom. The topological polar surface area (TPSA) is 93.4 Å². The molecule has 0 unspecified atom stereocenters. The molecule has 4 rings (SSSR count). The van der Waals surface area contributed by atoms with Crippen molar-refractivity contribution in [2.24, 2.45) is 0 Å². The van der Waals surface area contributed by atoms with Crippen molar-refractivity contribution in [2.75, 3.05) is 12.8 Å². The lowest BCUT2D eigenvalue weighted by Crippen LogP contribution is -2.32. The number of fused-ring (bicyclic) bond motifs is 2. The number of rotatable bonds is 3. The van der Waals surface area contributed by atoms with Crippen LogP contribution in [0.25, 0.3) is 11.0 Å². The van der Waals surface area contributed by atoms with Gasteiger partial charge in [0.15, 0.2) is 5.43 Å². The normalized spacial score (nSPS) is 15.0. The van der Waals surface area contributed by atoms with Crippen LogP contribution < -0.4 is 5.43 Å². The van der Waals surface area contributed by atoms with Gasteiger partial charge in [0.2, 0.25) is 15.0 Å². The average Bonchev–Trinajstić information content (AvgIpc) is 2.63. The van der Waals surface area contributed by atoms with Crippen LogP contribution in [0.3, 0.4) is 0 Å². The van der Waals surface area contributed by atoms with Crippen molar-refractivity contribution in [1.82, 2.24) is 14.9 Å². The minimum absolute atomic E-state index is 0.0191. The summed E-state index contributed by atoms with van der Waals surface area (Å²) in [6.45, 7) is 3.64. The Morgan fingerprint density at radius 1 is 1.30 bits per heavy atom. The molecule has 0 N–H and O–H groups in total. The summed E-state index contributed by atoms with van der Waals surface area (Å²) in [4.78, 5) is 23.0. The molecule has 0 radical (unpaired) electrons. The van der Waals surface area contributed by atoms with Crippen molar-refractivity contribution in [2.45, 2.75) is 31.6 Å². The van der Waals surface area contributed by atoms with Gasteiger partial charge in [0, 0.05) is 49.6 Å². The van der Waals surface area contributed by atoms with Crippen LogP contribution in [0.4, 0.5) is 0 Å². The van der Waals surface area contributed by atoms with E-state index in [1.165, 1.54) is 6.26 Å². The van der Waals surface area contributed by atoms with E-state index >= 15 is 0 Å². The third kappa shape index (κ3) is 3.50. The number of sulfone groups is 1. The van der Waals surface area contributed by atoms with Crippen LogP contribution >= 0.6 is 0 Å². The first-order chi connectivity index (χ1) is 12.8. The third-order valence-corrected chi connectivity index (χ3v) is 5.58. The predicted octanol–water partition coefficient (Wildman–Crippen LogP) is 1.85. The molecule has 0 aliphatic carbocycles. The van der Waals surface area contributed by atoms with Gasteiger partial charge in [-0.15, -0.1) is 0 Å². The van der Waals surface area contributed by atoms with Crippen LogP contribution in [0.2, 0.25) is 0 Å². The van der Waals surface area contributed by atoms with E-state index in [1.807, 2.05) is 25.1 Å². The van der Waals surface area contributed by atoms with Crippen molar-refractivity contribution in [3.8, 4) is 0 Å². The van der Waals surface area contributed by atoms with Crippen molar-refractivity contribution in [3.05, 3.63) is 63.3 Å². The second kappa shape index (κ2) is 6.54. The first-order valence-corrected chi connectivity index (χ1v) is 10.5. The van der Waals surface area contributed by atoms with Gasteiger partial charge in [-0.05, 0) is 19.1 Å². The Morgan fingerprint density at radius 2 is 2.11 bits per heavy atom. The number of nitrogens with zero attached hydrogens (tertiary/aromatic N) is 3. The van der Waals surface area contributed by atoms with Gasteiger partial charge >= 0.3 is 0 Å².